The van der Waals surface area contributed by atoms with Crippen molar-refractivity contribution in [2.24, 2.45) is 0 Å². The van der Waals surface area contributed by atoms with E-state index in [9.17, 15) is 0 Å². The monoisotopic (exact) mass is 245 g/mol. The molecule has 18 heavy (non-hydrogen) atoms. The highest BCUT2D eigenvalue weighted by Crippen LogP contribution is 2.16. The van der Waals surface area contributed by atoms with Gasteiger partial charge in [0.05, 0.1) is 30.6 Å². The summed E-state index contributed by atoms with van der Waals surface area (Å²) in [7, 11) is 0. The zero-order valence-electron chi connectivity index (χ0n) is 10.6. The van der Waals surface area contributed by atoms with Gasteiger partial charge in [-0.05, 0) is 31.0 Å². The molecule has 1 saturated heterocycles. The quantitative estimate of drug-likeness (QED) is 0.893. The Morgan fingerprint density at radius 3 is 3.06 bits per heavy atom. The molecule has 0 saturated carbocycles. The van der Waals surface area contributed by atoms with Crippen molar-refractivity contribution in [1.82, 2.24) is 14.9 Å². The van der Waals surface area contributed by atoms with Crippen molar-refractivity contribution in [3.63, 3.8) is 0 Å². The Balaban J connectivity index is 1.57. The summed E-state index contributed by atoms with van der Waals surface area (Å²) < 4.78 is 5.36. The molecule has 0 spiro atoms. The average molecular weight is 245 g/mol. The number of ether oxygens (including phenoxy) is 1. The zero-order valence-corrected chi connectivity index (χ0v) is 10.6. The Kier molecular flexibility index (Phi) is 3.57. The molecule has 96 valence electrons. The summed E-state index contributed by atoms with van der Waals surface area (Å²) in [5.74, 6) is 0. The van der Waals surface area contributed by atoms with Gasteiger partial charge in [0.1, 0.15) is 0 Å². The van der Waals surface area contributed by atoms with Crippen molar-refractivity contribution in [3.05, 3.63) is 30.1 Å². The summed E-state index contributed by atoms with van der Waals surface area (Å²) in [5, 5.41) is 0. The fourth-order valence-electron chi connectivity index (χ4n) is 2.55. The number of morpholine rings is 1. The second-order valence-corrected chi connectivity index (χ2v) is 4.77. The van der Waals surface area contributed by atoms with Crippen molar-refractivity contribution < 1.29 is 4.74 Å². The van der Waals surface area contributed by atoms with Crippen molar-refractivity contribution in [1.29, 1.82) is 0 Å². The van der Waals surface area contributed by atoms with Crippen LogP contribution >= 0.6 is 0 Å². The minimum absolute atomic E-state index is 0.884. The van der Waals surface area contributed by atoms with Gasteiger partial charge in [0.2, 0.25) is 0 Å². The number of nitrogens with zero attached hydrogens (tertiary/aromatic N) is 2. The normalized spacial score (nSPS) is 17.3. The van der Waals surface area contributed by atoms with Crippen LogP contribution in [0.4, 0.5) is 0 Å². The number of fused-ring (bicyclic) bond motifs is 1. The number of imidazole rings is 1. The third-order valence-electron chi connectivity index (χ3n) is 3.56. The molecule has 4 nitrogen and oxygen atoms in total. The second-order valence-electron chi connectivity index (χ2n) is 4.77. The summed E-state index contributed by atoms with van der Waals surface area (Å²) >= 11 is 0. The predicted molar refractivity (Wildman–Crippen MR) is 71.7 cm³/mol. The standard InChI is InChI=1S/C14H19N3O/c1-3-12(14-13(5-1)15-11-16-14)4-2-6-17-7-9-18-10-8-17/h1,3,5,11H,2,4,6-10H2,(H,15,16). The highest BCUT2D eigenvalue weighted by molar-refractivity contribution is 5.78. The van der Waals surface area contributed by atoms with E-state index < -0.39 is 0 Å². The Labute approximate surface area is 107 Å². The number of aromatic nitrogens is 2. The molecule has 1 N–H and O–H groups in total. The van der Waals surface area contributed by atoms with Crippen molar-refractivity contribution in [2.75, 3.05) is 32.8 Å². The van der Waals surface area contributed by atoms with E-state index >= 15 is 0 Å². The van der Waals surface area contributed by atoms with E-state index in [1.807, 2.05) is 0 Å². The molecule has 1 fully saturated rings. The van der Waals surface area contributed by atoms with Crippen molar-refractivity contribution in [3.8, 4) is 0 Å². The SMILES string of the molecule is c1cc(CCCN2CCOCC2)c2nc[nH]c2c1. The van der Waals surface area contributed by atoms with Crippen LogP contribution in [0.3, 0.4) is 0 Å². The molecule has 3 rings (SSSR count). The van der Waals surface area contributed by atoms with E-state index in [1.54, 1.807) is 6.33 Å². The van der Waals surface area contributed by atoms with E-state index in [0.717, 1.165) is 50.3 Å². The highest BCUT2D eigenvalue weighted by atomic mass is 16.5. The van der Waals surface area contributed by atoms with E-state index in [0.29, 0.717) is 0 Å². The molecule has 0 radical (unpaired) electrons. The van der Waals surface area contributed by atoms with Crippen molar-refractivity contribution >= 4 is 11.0 Å². The van der Waals surface area contributed by atoms with Gasteiger partial charge in [-0.1, -0.05) is 12.1 Å². The summed E-state index contributed by atoms with van der Waals surface area (Å²) in [4.78, 5) is 10.0. The third kappa shape index (κ3) is 2.54. The number of aryl methyl sites for hydroxylation is 1. The number of benzene rings is 1. The number of hydrogen-bond donors (Lipinski definition) is 1. The van der Waals surface area contributed by atoms with Crippen LogP contribution in [0.15, 0.2) is 24.5 Å². The molecule has 1 aromatic heterocycles. The number of hydrogen-bond acceptors (Lipinski definition) is 3. The second kappa shape index (κ2) is 5.50. The summed E-state index contributed by atoms with van der Waals surface area (Å²) in [6.45, 7) is 5.08. The first-order valence-corrected chi connectivity index (χ1v) is 6.64. The van der Waals surface area contributed by atoms with Gasteiger partial charge in [-0.15, -0.1) is 0 Å². The number of H-pyrrole nitrogens is 1. The summed E-state index contributed by atoms with van der Waals surface area (Å²) in [6.07, 6.45) is 4.06. The van der Waals surface area contributed by atoms with E-state index in [1.165, 1.54) is 12.0 Å². The fraction of sp³-hybridized carbons (Fsp3) is 0.500. The first-order chi connectivity index (χ1) is 8.93. The molecule has 0 unspecified atom stereocenters. The molecule has 2 aromatic rings. The van der Waals surface area contributed by atoms with Crippen LogP contribution in [-0.4, -0.2) is 47.7 Å². The highest BCUT2D eigenvalue weighted by Gasteiger charge is 2.10. The van der Waals surface area contributed by atoms with Gasteiger partial charge in [0.15, 0.2) is 0 Å². The molecule has 2 heterocycles. The first-order valence-electron chi connectivity index (χ1n) is 6.64. The smallest absolute Gasteiger partial charge is 0.0931 e. The van der Waals surface area contributed by atoms with Crippen LogP contribution in [-0.2, 0) is 11.2 Å². The third-order valence-corrected chi connectivity index (χ3v) is 3.56. The van der Waals surface area contributed by atoms with E-state index in [-0.39, 0.29) is 0 Å². The van der Waals surface area contributed by atoms with Crippen LogP contribution < -0.4 is 0 Å². The molecular formula is C14H19N3O. The van der Waals surface area contributed by atoms with Crippen LogP contribution in [0.2, 0.25) is 0 Å². The van der Waals surface area contributed by atoms with Gasteiger partial charge in [-0.3, -0.25) is 4.90 Å². The lowest BCUT2D eigenvalue weighted by Crippen LogP contribution is -2.36. The largest absolute Gasteiger partial charge is 0.379 e. The van der Waals surface area contributed by atoms with Gasteiger partial charge in [0, 0.05) is 13.1 Å². The zero-order chi connectivity index (χ0) is 12.2. The van der Waals surface area contributed by atoms with Gasteiger partial charge in [0.25, 0.3) is 0 Å². The lowest BCUT2D eigenvalue weighted by atomic mass is 10.1. The molecule has 0 atom stereocenters. The van der Waals surface area contributed by atoms with Crippen molar-refractivity contribution in [2.45, 2.75) is 12.8 Å². The number of aromatic amines is 1. The van der Waals surface area contributed by atoms with Gasteiger partial charge in [-0.2, -0.15) is 0 Å². The minimum Gasteiger partial charge on any atom is -0.379 e. The van der Waals surface area contributed by atoms with Gasteiger partial charge < -0.3 is 9.72 Å². The Hall–Kier alpha value is -1.39. The molecule has 0 bridgehead atoms. The molecular weight excluding hydrogens is 226 g/mol. The number of rotatable bonds is 4. The predicted octanol–water partition coefficient (Wildman–Crippen LogP) is 1.83. The van der Waals surface area contributed by atoms with Gasteiger partial charge in [-0.25, -0.2) is 4.98 Å². The number of nitrogens with one attached hydrogen (secondary N) is 1. The first kappa shape index (κ1) is 11.7. The van der Waals surface area contributed by atoms with E-state index in [2.05, 4.69) is 33.1 Å². The minimum atomic E-state index is 0.884. The number of para-hydroxylation sites is 1. The molecule has 1 aliphatic heterocycles. The Morgan fingerprint density at radius 1 is 1.28 bits per heavy atom. The van der Waals surface area contributed by atoms with Crippen LogP contribution in [0.5, 0.6) is 0 Å². The van der Waals surface area contributed by atoms with Crippen LogP contribution in [0.1, 0.15) is 12.0 Å². The lowest BCUT2D eigenvalue weighted by molar-refractivity contribution is 0.0375. The van der Waals surface area contributed by atoms with Gasteiger partial charge >= 0.3 is 0 Å². The van der Waals surface area contributed by atoms with E-state index in [4.69, 9.17) is 4.74 Å². The van der Waals surface area contributed by atoms with Crippen LogP contribution in [0, 0.1) is 0 Å². The summed E-state index contributed by atoms with van der Waals surface area (Å²) in [6, 6.07) is 6.36. The van der Waals surface area contributed by atoms with Crippen LogP contribution in [0.25, 0.3) is 11.0 Å². The lowest BCUT2D eigenvalue weighted by Gasteiger charge is -2.26. The molecule has 0 aliphatic carbocycles. The Morgan fingerprint density at radius 2 is 2.17 bits per heavy atom. The molecule has 1 aromatic carbocycles. The summed E-state index contributed by atoms with van der Waals surface area (Å²) in [5.41, 5.74) is 3.61. The topological polar surface area (TPSA) is 41.1 Å². The fourth-order valence-corrected chi connectivity index (χ4v) is 2.55. The molecule has 4 heteroatoms. The average Bonchev–Trinajstić information content (AvgIpc) is 2.89. The molecule has 1 aliphatic rings. The molecule has 0 amide bonds. The maximum Gasteiger partial charge on any atom is 0.0931 e. The maximum absolute atomic E-state index is 5.36. The Bertz CT molecular complexity index is 502. The maximum atomic E-state index is 5.36.